The highest BCUT2D eigenvalue weighted by molar-refractivity contribution is 7.07. The molecule has 2 atom stereocenters. The normalized spacial score (nSPS) is 21.7. The van der Waals surface area contributed by atoms with E-state index < -0.39 is 0 Å². The highest BCUT2D eigenvalue weighted by Crippen LogP contribution is 2.34. The fraction of sp³-hybridized carbons (Fsp3) is 0.375. The highest BCUT2D eigenvalue weighted by Gasteiger charge is 2.26. The predicted octanol–water partition coefficient (Wildman–Crippen LogP) is 3.65. The van der Waals surface area contributed by atoms with E-state index in [9.17, 15) is 0 Å². The molecular weight excluding hydrogens is 254 g/mol. The van der Waals surface area contributed by atoms with Gasteiger partial charge in [0.05, 0.1) is 6.61 Å². The quantitative estimate of drug-likeness (QED) is 0.918. The van der Waals surface area contributed by atoms with E-state index in [1.54, 1.807) is 11.3 Å². The van der Waals surface area contributed by atoms with Gasteiger partial charge in [-0.2, -0.15) is 11.3 Å². The van der Waals surface area contributed by atoms with Crippen molar-refractivity contribution in [2.24, 2.45) is 5.92 Å². The Kier molecular flexibility index (Phi) is 3.85. The number of para-hydroxylation sites is 1. The predicted molar refractivity (Wildman–Crippen MR) is 79.9 cm³/mol. The molecule has 2 nitrogen and oxygen atoms in total. The molecule has 0 bridgehead atoms. The van der Waals surface area contributed by atoms with Crippen LogP contribution in [-0.2, 0) is 6.42 Å². The van der Waals surface area contributed by atoms with Crippen LogP contribution in [0.15, 0.2) is 41.1 Å². The third kappa shape index (κ3) is 2.82. The van der Waals surface area contributed by atoms with Crippen molar-refractivity contribution in [1.29, 1.82) is 0 Å². The number of thiophene rings is 1. The molecule has 100 valence electrons. The number of benzene rings is 1. The number of fused-ring (bicyclic) bond motifs is 1. The molecule has 0 radical (unpaired) electrons. The molecule has 19 heavy (non-hydrogen) atoms. The smallest absolute Gasteiger partial charge is 0.124 e. The Labute approximate surface area is 118 Å². The van der Waals surface area contributed by atoms with Gasteiger partial charge in [0.1, 0.15) is 5.75 Å². The number of rotatable bonds is 4. The summed E-state index contributed by atoms with van der Waals surface area (Å²) in [4.78, 5) is 0. The summed E-state index contributed by atoms with van der Waals surface area (Å²) in [7, 11) is 0. The van der Waals surface area contributed by atoms with Gasteiger partial charge in [0.25, 0.3) is 0 Å². The first-order chi connectivity index (χ1) is 9.34. The Morgan fingerprint density at radius 1 is 1.32 bits per heavy atom. The van der Waals surface area contributed by atoms with Crippen LogP contribution in [0.25, 0.3) is 0 Å². The summed E-state index contributed by atoms with van der Waals surface area (Å²) in [6.45, 7) is 4.06. The topological polar surface area (TPSA) is 21.3 Å². The minimum Gasteiger partial charge on any atom is -0.493 e. The van der Waals surface area contributed by atoms with Gasteiger partial charge in [-0.25, -0.2) is 0 Å². The summed E-state index contributed by atoms with van der Waals surface area (Å²) >= 11 is 1.77. The summed E-state index contributed by atoms with van der Waals surface area (Å²) in [5.41, 5.74) is 2.72. The van der Waals surface area contributed by atoms with Gasteiger partial charge in [-0.15, -0.1) is 0 Å². The van der Waals surface area contributed by atoms with Crippen molar-refractivity contribution in [1.82, 2.24) is 5.32 Å². The zero-order chi connectivity index (χ0) is 13.1. The Bertz CT molecular complexity index is 523. The van der Waals surface area contributed by atoms with Crippen LogP contribution in [-0.4, -0.2) is 13.2 Å². The third-order valence-corrected chi connectivity index (χ3v) is 4.41. The van der Waals surface area contributed by atoms with E-state index in [1.807, 2.05) is 6.07 Å². The first kappa shape index (κ1) is 12.7. The standard InChI is InChI=1S/C16H19NOS/c1-12-10-18-15-5-3-2-4-14(15)16(12)17-8-6-13-7-9-19-11-13/h2-5,7,9,11-12,16-17H,6,8,10H2,1H3. The summed E-state index contributed by atoms with van der Waals surface area (Å²) in [6.07, 6.45) is 1.09. The molecule has 1 N–H and O–H groups in total. The van der Waals surface area contributed by atoms with Gasteiger partial charge < -0.3 is 10.1 Å². The van der Waals surface area contributed by atoms with Crippen LogP contribution < -0.4 is 10.1 Å². The van der Waals surface area contributed by atoms with Crippen molar-refractivity contribution in [2.45, 2.75) is 19.4 Å². The van der Waals surface area contributed by atoms with Crippen LogP contribution in [0.2, 0.25) is 0 Å². The van der Waals surface area contributed by atoms with Crippen LogP contribution in [0, 0.1) is 5.92 Å². The monoisotopic (exact) mass is 273 g/mol. The van der Waals surface area contributed by atoms with E-state index in [2.05, 4.69) is 47.3 Å². The second-order valence-corrected chi connectivity index (χ2v) is 5.92. The van der Waals surface area contributed by atoms with Gasteiger partial charge in [0, 0.05) is 17.5 Å². The minimum atomic E-state index is 0.406. The zero-order valence-corrected chi connectivity index (χ0v) is 12.0. The second-order valence-electron chi connectivity index (χ2n) is 5.14. The Morgan fingerprint density at radius 2 is 2.21 bits per heavy atom. The molecule has 0 saturated carbocycles. The number of hydrogen-bond acceptors (Lipinski definition) is 3. The van der Waals surface area contributed by atoms with E-state index in [0.29, 0.717) is 12.0 Å². The van der Waals surface area contributed by atoms with Gasteiger partial charge in [0.15, 0.2) is 0 Å². The molecule has 0 fully saturated rings. The van der Waals surface area contributed by atoms with E-state index in [-0.39, 0.29) is 0 Å². The molecule has 3 rings (SSSR count). The van der Waals surface area contributed by atoms with E-state index in [4.69, 9.17) is 4.74 Å². The van der Waals surface area contributed by atoms with Gasteiger partial charge in [-0.3, -0.25) is 0 Å². The largest absolute Gasteiger partial charge is 0.493 e. The molecule has 1 aliphatic heterocycles. The van der Waals surface area contributed by atoms with E-state index in [1.165, 1.54) is 11.1 Å². The van der Waals surface area contributed by atoms with Crippen molar-refractivity contribution in [2.75, 3.05) is 13.2 Å². The molecule has 0 aliphatic carbocycles. The van der Waals surface area contributed by atoms with Crippen LogP contribution in [0.1, 0.15) is 24.1 Å². The maximum Gasteiger partial charge on any atom is 0.124 e. The van der Waals surface area contributed by atoms with Crippen molar-refractivity contribution >= 4 is 11.3 Å². The maximum atomic E-state index is 5.78. The van der Waals surface area contributed by atoms with Crippen molar-refractivity contribution in [3.63, 3.8) is 0 Å². The van der Waals surface area contributed by atoms with E-state index >= 15 is 0 Å². The molecule has 1 aromatic heterocycles. The lowest BCUT2D eigenvalue weighted by atomic mass is 9.92. The highest BCUT2D eigenvalue weighted by atomic mass is 32.1. The molecule has 0 amide bonds. The Morgan fingerprint density at radius 3 is 3.05 bits per heavy atom. The molecule has 0 saturated heterocycles. The van der Waals surface area contributed by atoms with Crippen molar-refractivity contribution < 1.29 is 4.74 Å². The molecule has 1 aliphatic rings. The molecule has 1 aromatic carbocycles. The third-order valence-electron chi connectivity index (χ3n) is 3.68. The Balaban J connectivity index is 1.66. The molecule has 0 spiro atoms. The fourth-order valence-electron chi connectivity index (χ4n) is 2.61. The summed E-state index contributed by atoms with van der Waals surface area (Å²) < 4.78 is 5.78. The molecular formula is C16H19NOS. The fourth-order valence-corrected chi connectivity index (χ4v) is 3.31. The summed E-state index contributed by atoms with van der Waals surface area (Å²) in [5, 5.41) is 8.06. The van der Waals surface area contributed by atoms with Crippen LogP contribution in [0.4, 0.5) is 0 Å². The van der Waals surface area contributed by atoms with Crippen molar-refractivity contribution in [3.05, 3.63) is 52.2 Å². The lowest BCUT2D eigenvalue weighted by Gasteiger charge is -2.32. The lowest BCUT2D eigenvalue weighted by Crippen LogP contribution is -2.34. The van der Waals surface area contributed by atoms with Gasteiger partial charge in [0.2, 0.25) is 0 Å². The first-order valence-corrected chi connectivity index (χ1v) is 7.75. The van der Waals surface area contributed by atoms with Gasteiger partial charge >= 0.3 is 0 Å². The van der Waals surface area contributed by atoms with Crippen LogP contribution in [0.3, 0.4) is 0 Å². The molecule has 2 unspecified atom stereocenters. The van der Waals surface area contributed by atoms with E-state index in [0.717, 1.165) is 25.3 Å². The van der Waals surface area contributed by atoms with Crippen LogP contribution in [0.5, 0.6) is 5.75 Å². The molecule has 3 heteroatoms. The number of hydrogen-bond donors (Lipinski definition) is 1. The lowest BCUT2D eigenvalue weighted by molar-refractivity contribution is 0.189. The minimum absolute atomic E-state index is 0.406. The Hall–Kier alpha value is -1.32. The second kappa shape index (κ2) is 5.76. The van der Waals surface area contributed by atoms with Crippen molar-refractivity contribution in [3.8, 4) is 5.75 Å². The van der Waals surface area contributed by atoms with Gasteiger partial charge in [-0.05, 0) is 41.4 Å². The average molecular weight is 273 g/mol. The number of nitrogens with one attached hydrogen (secondary N) is 1. The van der Waals surface area contributed by atoms with Crippen LogP contribution >= 0.6 is 11.3 Å². The average Bonchev–Trinajstić information content (AvgIpc) is 2.94. The zero-order valence-electron chi connectivity index (χ0n) is 11.1. The summed E-state index contributed by atoms with van der Waals surface area (Å²) in [5.74, 6) is 1.55. The number of ether oxygens (including phenoxy) is 1. The SMILES string of the molecule is CC1COc2ccccc2C1NCCc1ccsc1. The first-order valence-electron chi connectivity index (χ1n) is 6.81. The maximum absolute atomic E-state index is 5.78. The molecule has 2 aromatic rings. The molecule has 2 heterocycles. The van der Waals surface area contributed by atoms with Gasteiger partial charge in [-0.1, -0.05) is 25.1 Å². The summed E-state index contributed by atoms with van der Waals surface area (Å²) in [6, 6.07) is 11.0.